The Morgan fingerprint density at radius 1 is 0.614 bits per heavy atom. The van der Waals surface area contributed by atoms with Gasteiger partial charge in [-0.25, -0.2) is 57.4 Å². The molecule has 244 valence electrons. The van der Waals surface area contributed by atoms with Crippen LogP contribution in [0.4, 0.5) is 0 Å². The number of unbranched alkanes of at least 4 members (excludes halogenated alkanes) is 2. The van der Waals surface area contributed by atoms with E-state index >= 15 is 0 Å². The van der Waals surface area contributed by atoms with Crippen LogP contribution in [0.15, 0.2) is 29.4 Å². The fourth-order valence-corrected chi connectivity index (χ4v) is 6.50. The number of aliphatic imine (C=N–C) groups is 3. The van der Waals surface area contributed by atoms with Gasteiger partial charge >= 0.3 is 17.1 Å². The summed E-state index contributed by atoms with van der Waals surface area (Å²) in [4.78, 5) is 83.8. The first-order valence-electron chi connectivity index (χ1n) is 16.4. The minimum Gasteiger partial charge on any atom is -0.247 e. The van der Waals surface area contributed by atoms with Crippen molar-refractivity contribution in [3.8, 4) is 0 Å². The van der Waals surface area contributed by atoms with Gasteiger partial charge in [0.1, 0.15) is 0 Å². The molecule has 1 aliphatic carbocycles. The van der Waals surface area contributed by atoms with E-state index in [9.17, 15) is 28.8 Å². The summed E-state index contributed by atoms with van der Waals surface area (Å²) in [7, 11) is 0. The van der Waals surface area contributed by atoms with Gasteiger partial charge in [-0.3, -0.25) is 0 Å². The maximum Gasteiger partial charge on any atom is 0.336 e. The maximum absolute atomic E-state index is 13.9. The summed E-state index contributed by atoms with van der Waals surface area (Å²) < 4.78 is 3.83. The molecule has 2 rings (SSSR count). The van der Waals surface area contributed by atoms with Crippen molar-refractivity contribution in [3.05, 3.63) is 31.5 Å². The van der Waals surface area contributed by atoms with E-state index in [2.05, 4.69) is 28.8 Å². The molecule has 1 heterocycles. The van der Waals surface area contributed by atoms with Gasteiger partial charge in [0, 0.05) is 19.6 Å². The zero-order valence-corrected chi connectivity index (χ0v) is 26.6. The zero-order valence-electron chi connectivity index (χ0n) is 26.6. The summed E-state index contributed by atoms with van der Waals surface area (Å²) in [5.74, 6) is 0.562. The van der Waals surface area contributed by atoms with Gasteiger partial charge in [0.15, 0.2) is 0 Å². The van der Waals surface area contributed by atoms with Crippen molar-refractivity contribution in [2.24, 2.45) is 38.6 Å². The van der Waals surface area contributed by atoms with E-state index in [1.165, 1.54) is 13.7 Å². The first-order chi connectivity index (χ1) is 21.4. The quantitative estimate of drug-likeness (QED) is 0.109. The molecule has 0 spiro atoms. The van der Waals surface area contributed by atoms with E-state index in [1.807, 2.05) is 0 Å². The topological polar surface area (TPSA) is 154 Å². The van der Waals surface area contributed by atoms with E-state index in [-0.39, 0.29) is 37.4 Å². The first-order valence-corrected chi connectivity index (χ1v) is 16.4. The molecular formula is C32H50N6O6. The molecule has 0 N–H and O–H groups in total. The van der Waals surface area contributed by atoms with Crippen molar-refractivity contribution >= 4 is 18.2 Å². The van der Waals surface area contributed by atoms with E-state index in [0.29, 0.717) is 25.6 Å². The molecule has 1 aliphatic rings. The second-order valence-electron chi connectivity index (χ2n) is 12.2. The second-order valence-corrected chi connectivity index (χ2v) is 12.2. The Morgan fingerprint density at radius 2 is 1.05 bits per heavy atom. The Hall–Kier alpha value is -3.45. The molecule has 1 saturated carbocycles. The average Bonchev–Trinajstić information content (AvgIpc) is 3.02. The standard InChI is InChI=1S/C32H50N6O6/c1-3-9-27(11-5-7-17-33-23-39)20-36-30(42)37(21-28(10-4-2)12-6-8-18-34-24-40)32(44)38(31(36)43)22-29-15-13-26(14-16-29)19-35-25-41/h26-29H,3-22H2,1-2H3. The van der Waals surface area contributed by atoms with Crippen LogP contribution in [0.2, 0.25) is 0 Å². The molecule has 0 radical (unpaired) electrons. The van der Waals surface area contributed by atoms with Crippen LogP contribution in [0.1, 0.15) is 104 Å². The Kier molecular flexibility index (Phi) is 17.8. The number of aromatic nitrogens is 3. The van der Waals surface area contributed by atoms with Gasteiger partial charge < -0.3 is 0 Å². The minimum absolute atomic E-state index is 0.0728. The van der Waals surface area contributed by atoms with Gasteiger partial charge in [-0.2, -0.15) is 0 Å². The van der Waals surface area contributed by atoms with Crippen LogP contribution >= 0.6 is 0 Å². The molecule has 1 aromatic rings. The third kappa shape index (κ3) is 12.3. The smallest absolute Gasteiger partial charge is 0.247 e. The highest BCUT2D eigenvalue weighted by Gasteiger charge is 2.25. The monoisotopic (exact) mass is 614 g/mol. The van der Waals surface area contributed by atoms with E-state index in [4.69, 9.17) is 0 Å². The molecule has 0 aromatic carbocycles. The Morgan fingerprint density at radius 3 is 1.48 bits per heavy atom. The van der Waals surface area contributed by atoms with Crippen molar-refractivity contribution in [2.75, 3.05) is 19.6 Å². The summed E-state index contributed by atoms with van der Waals surface area (Å²) in [6, 6.07) is 0. The van der Waals surface area contributed by atoms with Crippen LogP contribution in [0.3, 0.4) is 0 Å². The number of hydrogen-bond acceptors (Lipinski definition) is 9. The molecule has 44 heavy (non-hydrogen) atoms. The highest BCUT2D eigenvalue weighted by atomic mass is 16.2. The number of nitrogens with zero attached hydrogens (tertiary/aromatic N) is 6. The van der Waals surface area contributed by atoms with E-state index in [0.717, 1.165) is 89.9 Å². The van der Waals surface area contributed by atoms with Gasteiger partial charge in [0.2, 0.25) is 18.2 Å². The third-order valence-electron chi connectivity index (χ3n) is 8.88. The summed E-state index contributed by atoms with van der Waals surface area (Å²) in [6.07, 6.45) is 16.1. The molecule has 1 aromatic heterocycles. The van der Waals surface area contributed by atoms with Gasteiger partial charge in [-0.05, 0) is 87.9 Å². The fraction of sp³-hybridized carbons (Fsp3) is 0.812. The van der Waals surface area contributed by atoms with Crippen LogP contribution in [-0.2, 0) is 34.0 Å². The molecule has 2 atom stereocenters. The van der Waals surface area contributed by atoms with Gasteiger partial charge in [-0.1, -0.05) is 39.5 Å². The summed E-state index contributed by atoms with van der Waals surface area (Å²) in [5.41, 5.74) is -1.64. The van der Waals surface area contributed by atoms with Crippen LogP contribution in [0.5, 0.6) is 0 Å². The van der Waals surface area contributed by atoms with E-state index in [1.54, 1.807) is 18.2 Å². The second kappa shape index (κ2) is 21.3. The fourth-order valence-electron chi connectivity index (χ4n) is 6.50. The molecule has 0 amide bonds. The summed E-state index contributed by atoms with van der Waals surface area (Å²) in [5, 5.41) is 0. The van der Waals surface area contributed by atoms with Crippen molar-refractivity contribution in [1.29, 1.82) is 0 Å². The number of carbonyl (C=O) groups excluding carboxylic acids is 3. The average molecular weight is 615 g/mol. The van der Waals surface area contributed by atoms with Crippen LogP contribution in [-0.4, -0.2) is 51.6 Å². The van der Waals surface area contributed by atoms with E-state index < -0.39 is 17.1 Å². The predicted octanol–water partition coefficient (Wildman–Crippen LogP) is 4.16. The maximum atomic E-state index is 13.9. The lowest BCUT2D eigenvalue weighted by Crippen LogP contribution is -2.56. The largest absolute Gasteiger partial charge is 0.336 e. The van der Waals surface area contributed by atoms with Crippen LogP contribution in [0, 0.1) is 23.7 Å². The number of rotatable bonds is 22. The molecule has 0 bridgehead atoms. The van der Waals surface area contributed by atoms with Crippen LogP contribution in [0.25, 0.3) is 0 Å². The number of hydrogen-bond donors (Lipinski definition) is 0. The minimum atomic E-state index is -0.551. The normalized spacial score (nSPS) is 17.6. The SMILES string of the molecule is CCCC(CCCCN=C=O)Cn1c(=O)n(CC(CCC)CCCCN=C=O)c(=O)n(CC2CCC(CN=C=O)CC2)c1=O. The van der Waals surface area contributed by atoms with Crippen LogP contribution < -0.4 is 17.1 Å². The highest BCUT2D eigenvalue weighted by Crippen LogP contribution is 2.29. The molecule has 1 fully saturated rings. The Labute approximate surface area is 259 Å². The van der Waals surface area contributed by atoms with Crippen molar-refractivity contribution in [1.82, 2.24) is 13.7 Å². The van der Waals surface area contributed by atoms with Gasteiger partial charge in [0.05, 0.1) is 19.6 Å². The molecular weight excluding hydrogens is 564 g/mol. The van der Waals surface area contributed by atoms with Crippen molar-refractivity contribution < 1.29 is 14.4 Å². The number of isocyanates is 3. The summed E-state index contributed by atoms with van der Waals surface area (Å²) in [6.45, 7) is 6.13. The molecule has 0 saturated heterocycles. The lowest BCUT2D eigenvalue weighted by molar-refractivity contribution is 0.240. The zero-order chi connectivity index (χ0) is 32.2. The Bertz CT molecular complexity index is 1250. The lowest BCUT2D eigenvalue weighted by atomic mass is 9.82. The van der Waals surface area contributed by atoms with Gasteiger partial charge in [-0.15, -0.1) is 0 Å². The third-order valence-corrected chi connectivity index (χ3v) is 8.88. The first kappa shape index (κ1) is 36.7. The summed E-state index contributed by atoms with van der Waals surface area (Å²) >= 11 is 0. The molecule has 12 heteroatoms. The lowest BCUT2D eigenvalue weighted by Gasteiger charge is -2.28. The molecule has 0 aliphatic heterocycles. The molecule has 12 nitrogen and oxygen atoms in total. The van der Waals surface area contributed by atoms with Gasteiger partial charge in [0.25, 0.3) is 0 Å². The van der Waals surface area contributed by atoms with Crippen molar-refractivity contribution in [2.45, 2.75) is 123 Å². The Balaban J connectivity index is 2.41. The predicted molar refractivity (Wildman–Crippen MR) is 168 cm³/mol. The highest BCUT2D eigenvalue weighted by molar-refractivity contribution is 5.33. The van der Waals surface area contributed by atoms with Crippen molar-refractivity contribution in [3.63, 3.8) is 0 Å². The molecule has 2 unspecified atom stereocenters.